The second kappa shape index (κ2) is 15.1. The average molecular weight is 492 g/mol. The van der Waals surface area contributed by atoms with E-state index in [9.17, 15) is 0 Å². The van der Waals surface area contributed by atoms with Crippen LogP contribution in [0.4, 0.5) is 0 Å². The van der Waals surface area contributed by atoms with Crippen molar-refractivity contribution in [1.82, 2.24) is 16.0 Å². The maximum Gasteiger partial charge on any atom is 0.191 e. The zero-order valence-corrected chi connectivity index (χ0v) is 19.7. The van der Waals surface area contributed by atoms with Crippen LogP contribution in [0.15, 0.2) is 35.3 Å². The molecule has 1 aromatic rings. The largest absolute Gasteiger partial charge is 0.382 e. The van der Waals surface area contributed by atoms with Crippen molar-refractivity contribution in [1.29, 1.82) is 0 Å². The molecule has 0 saturated heterocycles. The number of aliphatic imine (C=N–C) groups is 1. The van der Waals surface area contributed by atoms with Gasteiger partial charge in [0, 0.05) is 45.4 Å². The van der Waals surface area contributed by atoms with E-state index in [0.29, 0.717) is 13.2 Å². The number of nitrogens with zero attached hydrogens (tertiary/aromatic N) is 1. The fourth-order valence-corrected chi connectivity index (χ4v) is 2.61. The number of benzene rings is 1. The highest BCUT2D eigenvalue weighted by atomic mass is 127. The van der Waals surface area contributed by atoms with Crippen LogP contribution in [0, 0.1) is 0 Å². The highest BCUT2D eigenvalue weighted by Crippen LogP contribution is 2.15. The van der Waals surface area contributed by atoms with E-state index in [1.54, 1.807) is 14.2 Å². The molecule has 7 heteroatoms. The summed E-state index contributed by atoms with van der Waals surface area (Å²) in [5.41, 5.74) is 1.22. The topological polar surface area (TPSA) is 66.9 Å². The standard InChI is InChI=1S/C20H36N4O2.HI/c1-17(18-10-7-6-8-11-18)24-20(2,3)16-23-19(21-4)22-12-9-13-26-15-14-25-5;/h6-8,10-11,17,24H,9,12-16H2,1-5H3,(H2,21,22,23);1H. The SMILES string of the molecule is CN=C(NCCCOCCOC)NCC(C)(C)NC(C)c1ccccc1.I. The first kappa shape index (κ1) is 26.1. The van der Waals surface area contributed by atoms with E-state index in [2.05, 4.69) is 66.0 Å². The van der Waals surface area contributed by atoms with Crippen LogP contribution in [0.25, 0.3) is 0 Å². The van der Waals surface area contributed by atoms with E-state index in [4.69, 9.17) is 9.47 Å². The van der Waals surface area contributed by atoms with Crippen LogP contribution < -0.4 is 16.0 Å². The molecule has 1 atom stereocenters. The molecule has 0 aliphatic carbocycles. The first-order valence-electron chi connectivity index (χ1n) is 9.32. The lowest BCUT2D eigenvalue weighted by Gasteiger charge is -2.31. The van der Waals surface area contributed by atoms with E-state index in [0.717, 1.165) is 32.1 Å². The smallest absolute Gasteiger partial charge is 0.191 e. The summed E-state index contributed by atoms with van der Waals surface area (Å²) in [4.78, 5) is 4.28. The molecule has 0 aliphatic rings. The van der Waals surface area contributed by atoms with Gasteiger partial charge < -0.3 is 25.4 Å². The van der Waals surface area contributed by atoms with Gasteiger partial charge in [-0.15, -0.1) is 24.0 Å². The summed E-state index contributed by atoms with van der Waals surface area (Å²) in [7, 11) is 3.47. The second-order valence-corrected chi connectivity index (χ2v) is 6.97. The van der Waals surface area contributed by atoms with Crippen LogP contribution >= 0.6 is 24.0 Å². The number of guanidine groups is 1. The van der Waals surface area contributed by atoms with Crippen LogP contribution in [-0.2, 0) is 9.47 Å². The summed E-state index contributed by atoms with van der Waals surface area (Å²) in [6.45, 7) is 10.2. The third-order valence-corrected chi connectivity index (χ3v) is 4.02. The molecule has 0 amide bonds. The molecule has 0 fully saturated rings. The zero-order chi connectivity index (χ0) is 19.3. The molecular weight excluding hydrogens is 455 g/mol. The van der Waals surface area contributed by atoms with Crippen molar-refractivity contribution < 1.29 is 9.47 Å². The van der Waals surface area contributed by atoms with Gasteiger partial charge in [-0.05, 0) is 32.8 Å². The Morgan fingerprint density at radius 3 is 2.44 bits per heavy atom. The van der Waals surface area contributed by atoms with Gasteiger partial charge in [0.2, 0.25) is 0 Å². The van der Waals surface area contributed by atoms with Crippen molar-refractivity contribution in [2.24, 2.45) is 4.99 Å². The summed E-state index contributed by atoms with van der Waals surface area (Å²) in [5, 5.41) is 10.4. The van der Waals surface area contributed by atoms with E-state index in [-0.39, 0.29) is 35.6 Å². The van der Waals surface area contributed by atoms with Gasteiger partial charge in [0.25, 0.3) is 0 Å². The van der Waals surface area contributed by atoms with Gasteiger partial charge in [-0.1, -0.05) is 30.3 Å². The van der Waals surface area contributed by atoms with Gasteiger partial charge in [0.1, 0.15) is 0 Å². The first-order valence-corrected chi connectivity index (χ1v) is 9.32. The lowest BCUT2D eigenvalue weighted by molar-refractivity contribution is 0.0698. The molecule has 1 unspecified atom stereocenters. The summed E-state index contributed by atoms with van der Waals surface area (Å²) < 4.78 is 10.4. The van der Waals surface area contributed by atoms with E-state index < -0.39 is 0 Å². The molecule has 0 saturated carbocycles. The lowest BCUT2D eigenvalue weighted by atomic mass is 10.0. The zero-order valence-electron chi connectivity index (χ0n) is 17.4. The number of halogens is 1. The van der Waals surface area contributed by atoms with E-state index >= 15 is 0 Å². The average Bonchev–Trinajstić information content (AvgIpc) is 2.63. The van der Waals surface area contributed by atoms with Gasteiger partial charge >= 0.3 is 0 Å². The summed E-state index contributed by atoms with van der Waals surface area (Å²) >= 11 is 0. The normalized spacial score (nSPS) is 13.0. The van der Waals surface area contributed by atoms with Crippen molar-refractivity contribution in [3.8, 4) is 0 Å². The third kappa shape index (κ3) is 12.2. The highest BCUT2D eigenvalue weighted by Gasteiger charge is 2.21. The van der Waals surface area contributed by atoms with Crippen molar-refractivity contribution in [3.63, 3.8) is 0 Å². The number of methoxy groups -OCH3 is 1. The van der Waals surface area contributed by atoms with Crippen LogP contribution in [0.3, 0.4) is 0 Å². The Morgan fingerprint density at radius 1 is 1.11 bits per heavy atom. The Kier molecular flexibility index (Phi) is 14.6. The number of hydrogen-bond donors (Lipinski definition) is 3. The number of hydrogen-bond acceptors (Lipinski definition) is 4. The van der Waals surface area contributed by atoms with Gasteiger partial charge in [0.05, 0.1) is 13.2 Å². The van der Waals surface area contributed by atoms with E-state index in [1.807, 2.05) is 6.07 Å². The molecule has 0 heterocycles. The fraction of sp³-hybridized carbons (Fsp3) is 0.650. The molecule has 27 heavy (non-hydrogen) atoms. The minimum atomic E-state index is -0.0733. The van der Waals surface area contributed by atoms with Crippen LogP contribution in [0.5, 0.6) is 0 Å². The summed E-state index contributed by atoms with van der Waals surface area (Å²) in [6.07, 6.45) is 0.928. The van der Waals surface area contributed by atoms with Crippen molar-refractivity contribution in [2.45, 2.75) is 38.8 Å². The third-order valence-electron chi connectivity index (χ3n) is 4.02. The van der Waals surface area contributed by atoms with Crippen molar-refractivity contribution >= 4 is 29.9 Å². The monoisotopic (exact) mass is 492 g/mol. The van der Waals surface area contributed by atoms with E-state index in [1.165, 1.54) is 5.56 Å². The molecule has 1 rings (SSSR count). The molecular formula is C20H37IN4O2. The molecule has 6 nitrogen and oxygen atoms in total. The Hall–Kier alpha value is -0.900. The quantitative estimate of drug-likeness (QED) is 0.181. The summed E-state index contributed by atoms with van der Waals surface area (Å²) in [6, 6.07) is 10.8. The number of rotatable bonds is 12. The minimum Gasteiger partial charge on any atom is -0.382 e. The maximum atomic E-state index is 5.45. The first-order chi connectivity index (χ1) is 12.5. The predicted octanol–water partition coefficient (Wildman–Crippen LogP) is 2.95. The van der Waals surface area contributed by atoms with Gasteiger partial charge in [-0.3, -0.25) is 4.99 Å². The molecule has 0 aliphatic heterocycles. The van der Waals surface area contributed by atoms with Crippen LogP contribution in [-0.4, -0.2) is 58.6 Å². The van der Waals surface area contributed by atoms with Crippen molar-refractivity contribution in [3.05, 3.63) is 35.9 Å². The molecule has 0 aromatic heterocycles. The molecule has 3 N–H and O–H groups in total. The van der Waals surface area contributed by atoms with Crippen LogP contribution in [0.1, 0.15) is 38.8 Å². The fourth-order valence-electron chi connectivity index (χ4n) is 2.61. The number of ether oxygens (including phenoxy) is 2. The Morgan fingerprint density at radius 2 is 1.81 bits per heavy atom. The van der Waals surface area contributed by atoms with Gasteiger partial charge in [-0.25, -0.2) is 0 Å². The van der Waals surface area contributed by atoms with Crippen molar-refractivity contribution in [2.75, 3.05) is 47.1 Å². The Bertz CT molecular complexity index is 512. The molecule has 0 spiro atoms. The van der Waals surface area contributed by atoms with Gasteiger partial charge in [0.15, 0.2) is 5.96 Å². The Labute approximate surface area is 181 Å². The molecule has 0 bridgehead atoms. The molecule has 0 radical (unpaired) electrons. The number of nitrogens with one attached hydrogen (secondary N) is 3. The lowest BCUT2D eigenvalue weighted by Crippen LogP contribution is -2.52. The second-order valence-electron chi connectivity index (χ2n) is 6.97. The van der Waals surface area contributed by atoms with Crippen LogP contribution in [0.2, 0.25) is 0 Å². The molecule has 1 aromatic carbocycles. The maximum absolute atomic E-state index is 5.45. The predicted molar refractivity (Wildman–Crippen MR) is 124 cm³/mol. The highest BCUT2D eigenvalue weighted by molar-refractivity contribution is 14.0. The molecule has 156 valence electrons. The summed E-state index contributed by atoms with van der Waals surface area (Å²) in [5.74, 6) is 0.809. The minimum absolute atomic E-state index is 0. The Balaban J connectivity index is 0.00000676. The van der Waals surface area contributed by atoms with Gasteiger partial charge in [-0.2, -0.15) is 0 Å².